The number of hydrogen-bond donors (Lipinski definition) is 3. The van der Waals surface area contributed by atoms with Crippen LogP contribution in [0.25, 0.3) is 0 Å². The lowest BCUT2D eigenvalue weighted by Crippen LogP contribution is -2.27. The van der Waals surface area contributed by atoms with Crippen molar-refractivity contribution in [2.75, 3.05) is 5.75 Å². The highest BCUT2D eigenvalue weighted by Crippen LogP contribution is 2.51. The minimum Gasteiger partial charge on any atom is -0.481 e. The number of rotatable bonds is 8. The van der Waals surface area contributed by atoms with E-state index in [-0.39, 0.29) is 18.3 Å². The van der Waals surface area contributed by atoms with Gasteiger partial charge in [0, 0.05) is 31.1 Å². The van der Waals surface area contributed by atoms with Gasteiger partial charge in [-0.2, -0.15) is 0 Å². The molecule has 5 nitrogen and oxygen atoms in total. The third-order valence-electron chi connectivity index (χ3n) is 6.63. The van der Waals surface area contributed by atoms with Crippen LogP contribution < -0.4 is 0 Å². The molecular formula is C22H33NO4S. The van der Waals surface area contributed by atoms with E-state index in [1.54, 1.807) is 11.8 Å². The number of aliphatic carboxylic acids is 1. The topological polar surface area (TPSA) is 90.1 Å². The number of carboxylic acid groups (broad SMARTS) is 1. The van der Waals surface area contributed by atoms with Gasteiger partial charge in [-0.3, -0.25) is 9.79 Å². The number of aliphatic hydroxyl groups excluding tert-OH is 2. The Kier molecular flexibility index (Phi) is 7.40. The van der Waals surface area contributed by atoms with E-state index in [0.717, 1.165) is 30.1 Å². The van der Waals surface area contributed by atoms with Crippen molar-refractivity contribution in [2.45, 2.75) is 75.5 Å². The first-order valence-electron chi connectivity index (χ1n) is 10.6. The summed E-state index contributed by atoms with van der Waals surface area (Å²) in [6, 6.07) is 0. The third kappa shape index (κ3) is 4.89. The lowest BCUT2D eigenvalue weighted by Gasteiger charge is -2.26. The van der Waals surface area contributed by atoms with Gasteiger partial charge in [0.2, 0.25) is 0 Å². The Morgan fingerprint density at radius 3 is 2.79 bits per heavy atom. The standard InChI is InChI=1S/C22H33NO4S/c1-2-22-14-19(25)16(10-11-18(24)15-7-4-3-5-8-15)17(22)13-20(23-22)28-12-6-9-21(26)27/h2,10-11,15-19,24-25H,1,3-9,12-14H2,(H,26,27)/b11-10+. The molecule has 2 aliphatic carbocycles. The van der Waals surface area contributed by atoms with Crippen molar-refractivity contribution in [2.24, 2.45) is 22.7 Å². The van der Waals surface area contributed by atoms with Gasteiger partial charge in [0.15, 0.2) is 0 Å². The molecule has 0 aromatic carbocycles. The number of thioether (sulfide) groups is 1. The summed E-state index contributed by atoms with van der Waals surface area (Å²) in [4.78, 5) is 15.6. The Morgan fingerprint density at radius 2 is 2.11 bits per heavy atom. The van der Waals surface area contributed by atoms with Crippen molar-refractivity contribution in [1.29, 1.82) is 0 Å². The zero-order valence-corrected chi connectivity index (χ0v) is 17.3. The van der Waals surface area contributed by atoms with Crippen LogP contribution in [0.2, 0.25) is 0 Å². The monoisotopic (exact) mass is 407 g/mol. The molecule has 5 unspecified atom stereocenters. The number of carboxylic acids is 1. The molecule has 0 amide bonds. The fourth-order valence-corrected chi connectivity index (χ4v) is 6.11. The van der Waals surface area contributed by atoms with Crippen molar-refractivity contribution in [3.05, 3.63) is 24.8 Å². The van der Waals surface area contributed by atoms with Gasteiger partial charge < -0.3 is 15.3 Å². The Bertz CT molecular complexity index is 628. The first kappa shape index (κ1) is 21.6. The summed E-state index contributed by atoms with van der Waals surface area (Å²) in [5, 5.41) is 31.0. The predicted molar refractivity (Wildman–Crippen MR) is 114 cm³/mol. The fraction of sp³-hybridized carbons (Fsp3) is 0.727. The average Bonchev–Trinajstić information content (AvgIpc) is 3.16. The van der Waals surface area contributed by atoms with Crippen molar-refractivity contribution in [1.82, 2.24) is 0 Å². The van der Waals surface area contributed by atoms with E-state index >= 15 is 0 Å². The molecule has 0 aromatic rings. The Balaban J connectivity index is 1.61. The van der Waals surface area contributed by atoms with E-state index in [9.17, 15) is 15.0 Å². The maximum Gasteiger partial charge on any atom is 0.303 e. The molecule has 2 saturated carbocycles. The molecule has 2 fully saturated rings. The highest BCUT2D eigenvalue weighted by molar-refractivity contribution is 8.13. The minimum atomic E-state index is -0.766. The molecule has 1 aliphatic heterocycles. The predicted octanol–water partition coefficient (Wildman–Crippen LogP) is 3.81. The highest BCUT2D eigenvalue weighted by atomic mass is 32.2. The largest absolute Gasteiger partial charge is 0.481 e. The van der Waals surface area contributed by atoms with Gasteiger partial charge in [-0.1, -0.05) is 37.5 Å². The third-order valence-corrected chi connectivity index (χ3v) is 7.72. The SMILES string of the molecule is C=CC12CC(O)C(/C=C/C(O)C3CCCCC3)C1CC(SCCCC(=O)O)=N2. The first-order valence-corrected chi connectivity index (χ1v) is 11.5. The van der Waals surface area contributed by atoms with Crippen LogP contribution in [-0.2, 0) is 4.79 Å². The van der Waals surface area contributed by atoms with Crippen LogP contribution in [0.5, 0.6) is 0 Å². The number of aliphatic hydroxyl groups is 2. The molecule has 156 valence electrons. The van der Waals surface area contributed by atoms with Crippen LogP contribution in [0, 0.1) is 17.8 Å². The van der Waals surface area contributed by atoms with Gasteiger partial charge in [0.1, 0.15) is 0 Å². The second-order valence-corrected chi connectivity index (χ2v) is 9.65. The zero-order valence-electron chi connectivity index (χ0n) is 16.5. The van der Waals surface area contributed by atoms with Crippen molar-refractivity contribution >= 4 is 22.8 Å². The molecular weight excluding hydrogens is 374 g/mol. The lowest BCUT2D eigenvalue weighted by molar-refractivity contribution is -0.137. The number of nitrogens with zero attached hydrogens (tertiary/aromatic N) is 1. The van der Waals surface area contributed by atoms with Gasteiger partial charge >= 0.3 is 5.97 Å². The van der Waals surface area contributed by atoms with E-state index < -0.39 is 23.7 Å². The number of aliphatic imine (C=N–C) groups is 1. The van der Waals surface area contributed by atoms with Crippen molar-refractivity contribution in [3.8, 4) is 0 Å². The molecule has 0 aromatic heterocycles. The smallest absolute Gasteiger partial charge is 0.303 e. The number of carbonyl (C=O) groups is 1. The maximum absolute atomic E-state index is 10.7. The van der Waals surface area contributed by atoms with Crippen LogP contribution in [-0.4, -0.2) is 49.8 Å². The second-order valence-electron chi connectivity index (χ2n) is 8.48. The van der Waals surface area contributed by atoms with Crippen LogP contribution >= 0.6 is 11.8 Å². The van der Waals surface area contributed by atoms with Gasteiger partial charge in [-0.15, -0.1) is 18.3 Å². The Labute approximate surface area is 172 Å². The number of hydrogen-bond acceptors (Lipinski definition) is 5. The Morgan fingerprint density at radius 1 is 1.36 bits per heavy atom. The summed E-state index contributed by atoms with van der Waals surface area (Å²) >= 11 is 1.63. The van der Waals surface area contributed by atoms with Crippen LogP contribution in [0.1, 0.15) is 57.8 Å². The fourth-order valence-electron chi connectivity index (χ4n) is 5.05. The molecule has 0 radical (unpaired) electrons. The van der Waals surface area contributed by atoms with Gasteiger partial charge in [0.25, 0.3) is 0 Å². The molecule has 28 heavy (non-hydrogen) atoms. The van der Waals surface area contributed by atoms with Crippen molar-refractivity contribution < 1.29 is 20.1 Å². The van der Waals surface area contributed by atoms with E-state index in [1.807, 2.05) is 18.2 Å². The summed E-state index contributed by atoms with van der Waals surface area (Å²) < 4.78 is 0. The quantitative estimate of drug-likeness (QED) is 0.420. The average molecular weight is 408 g/mol. The second kappa shape index (κ2) is 9.59. The Hall–Kier alpha value is -1.11. The molecule has 3 aliphatic rings. The zero-order chi connectivity index (χ0) is 20.1. The molecule has 6 heteroatoms. The van der Waals surface area contributed by atoms with Gasteiger partial charge in [-0.05, 0) is 30.9 Å². The van der Waals surface area contributed by atoms with Crippen molar-refractivity contribution in [3.63, 3.8) is 0 Å². The number of fused-ring (bicyclic) bond motifs is 1. The van der Waals surface area contributed by atoms with E-state index in [1.165, 1.54) is 19.3 Å². The molecule has 3 rings (SSSR count). The van der Waals surface area contributed by atoms with Crippen LogP contribution in [0.3, 0.4) is 0 Å². The maximum atomic E-state index is 10.7. The molecule has 1 heterocycles. The summed E-state index contributed by atoms with van der Waals surface area (Å²) in [6.45, 7) is 3.99. The minimum absolute atomic E-state index is 0.0305. The van der Waals surface area contributed by atoms with Gasteiger partial charge in [0.05, 0.1) is 22.8 Å². The molecule has 3 N–H and O–H groups in total. The molecule has 0 bridgehead atoms. The van der Waals surface area contributed by atoms with E-state index in [0.29, 0.717) is 18.8 Å². The lowest BCUT2D eigenvalue weighted by atomic mass is 9.82. The van der Waals surface area contributed by atoms with Gasteiger partial charge in [-0.25, -0.2) is 0 Å². The normalized spacial score (nSPS) is 34.4. The van der Waals surface area contributed by atoms with Crippen LogP contribution in [0.15, 0.2) is 29.8 Å². The summed E-state index contributed by atoms with van der Waals surface area (Å²) in [5.74, 6) is 0.453. The van der Waals surface area contributed by atoms with E-state index in [4.69, 9.17) is 10.1 Å². The highest BCUT2D eigenvalue weighted by Gasteiger charge is 2.54. The van der Waals surface area contributed by atoms with Crippen LogP contribution in [0.4, 0.5) is 0 Å². The summed E-state index contributed by atoms with van der Waals surface area (Å²) in [7, 11) is 0. The summed E-state index contributed by atoms with van der Waals surface area (Å²) in [5.41, 5.74) is -0.431. The summed E-state index contributed by atoms with van der Waals surface area (Å²) in [6.07, 6.45) is 12.9. The molecule has 5 atom stereocenters. The first-order chi connectivity index (χ1) is 13.4. The molecule has 0 spiro atoms. The molecule has 0 saturated heterocycles. The van der Waals surface area contributed by atoms with E-state index in [2.05, 4.69) is 6.58 Å².